The lowest BCUT2D eigenvalue weighted by Crippen LogP contribution is -2.55. The highest BCUT2D eigenvalue weighted by Gasteiger charge is 2.70. The predicted molar refractivity (Wildman–Crippen MR) is 161 cm³/mol. The second-order valence-electron chi connectivity index (χ2n) is 6.67. The van der Waals surface area contributed by atoms with Gasteiger partial charge in [-0.3, -0.25) is 0 Å². The van der Waals surface area contributed by atoms with Crippen LogP contribution >= 0.6 is 209 Å². The lowest BCUT2D eigenvalue weighted by molar-refractivity contribution is 0.587. The molecule has 0 atom stereocenters. The Kier molecular flexibility index (Phi) is 12.5. The van der Waals surface area contributed by atoms with Crippen molar-refractivity contribution < 1.29 is 0 Å². The first kappa shape index (κ1) is 36.5. The van der Waals surface area contributed by atoms with Gasteiger partial charge in [0.15, 0.2) is 17.3 Å². The van der Waals surface area contributed by atoms with Crippen molar-refractivity contribution in [3.8, 4) is 0 Å². The third-order valence-corrected chi connectivity index (χ3v) is 15.4. The minimum absolute atomic E-state index is 0.0146. The number of hydrogen-bond donors (Lipinski definition) is 0. The highest BCUT2D eigenvalue weighted by molar-refractivity contribution is 6.81. The molecule has 0 heterocycles. The fraction of sp³-hybridized carbons (Fsp3) is 0.625. The quantitative estimate of drug-likeness (QED) is 0.240. The number of benzene rings is 1. The Morgan fingerprint density at radius 2 is 0.853 bits per heavy atom. The van der Waals surface area contributed by atoms with E-state index in [1.165, 1.54) is 18.2 Å². The summed E-state index contributed by atoms with van der Waals surface area (Å²) in [6.07, 6.45) is 0.333. The van der Waals surface area contributed by atoms with Crippen LogP contribution in [-0.2, 0) is 15.1 Å². The molecular formula is C16H8Cl18. The van der Waals surface area contributed by atoms with Crippen molar-refractivity contribution in [2.24, 2.45) is 0 Å². The standard InChI is InChI=1S/C16H8Cl18/c1-2-6-3-4-7(9(17,18)11(21,22)13(25,26)15(29,30)31)5-8(6)10(19,20)12(23,24)14(27,28)16(32,33)34/h3-5H,2H2,1H3. The Morgan fingerprint density at radius 1 is 0.500 bits per heavy atom. The van der Waals surface area contributed by atoms with Crippen molar-refractivity contribution in [2.75, 3.05) is 0 Å². The van der Waals surface area contributed by atoms with Gasteiger partial charge in [0.2, 0.25) is 16.3 Å². The van der Waals surface area contributed by atoms with Gasteiger partial charge in [-0.2, -0.15) is 0 Å². The molecular weight excluding hydrogens is 830 g/mol. The van der Waals surface area contributed by atoms with Gasteiger partial charge in [0.05, 0.1) is 0 Å². The molecule has 0 fully saturated rings. The Labute approximate surface area is 287 Å². The number of hydrogen-bond acceptors (Lipinski definition) is 0. The summed E-state index contributed by atoms with van der Waals surface area (Å²) < 4.78 is -19.9. The van der Waals surface area contributed by atoms with E-state index in [1.54, 1.807) is 6.92 Å². The van der Waals surface area contributed by atoms with Crippen molar-refractivity contribution in [1.82, 2.24) is 0 Å². The van der Waals surface area contributed by atoms with Crippen LogP contribution < -0.4 is 0 Å². The molecule has 0 N–H and O–H groups in total. The highest BCUT2D eigenvalue weighted by atomic mass is 35.6. The van der Waals surface area contributed by atoms with E-state index < -0.39 is 33.6 Å². The van der Waals surface area contributed by atoms with Crippen molar-refractivity contribution in [2.45, 2.75) is 46.9 Å². The average Bonchev–Trinajstić information content (AvgIpc) is 2.64. The molecule has 0 aliphatic heterocycles. The fourth-order valence-corrected chi connectivity index (χ4v) is 7.00. The Balaban J connectivity index is 3.88. The summed E-state index contributed by atoms with van der Waals surface area (Å²) in [5, 5.41) is 0. The van der Waals surface area contributed by atoms with Crippen LogP contribution in [0.2, 0.25) is 0 Å². The second-order valence-corrected chi connectivity index (χ2v) is 19.2. The molecule has 198 valence electrons. The molecule has 34 heavy (non-hydrogen) atoms. The van der Waals surface area contributed by atoms with E-state index in [0.717, 1.165) is 0 Å². The molecule has 0 saturated carbocycles. The molecule has 0 bridgehead atoms. The number of halogens is 18. The molecule has 1 aromatic rings. The maximum atomic E-state index is 6.62. The van der Waals surface area contributed by atoms with E-state index in [4.69, 9.17) is 209 Å². The average molecular weight is 838 g/mol. The van der Waals surface area contributed by atoms with Gasteiger partial charge < -0.3 is 0 Å². The number of rotatable bonds is 7. The molecule has 0 unspecified atom stereocenters. The van der Waals surface area contributed by atoms with Gasteiger partial charge in [-0.1, -0.05) is 228 Å². The molecule has 0 aliphatic carbocycles. The molecule has 0 nitrogen and oxygen atoms in total. The molecule has 0 aliphatic rings. The highest BCUT2D eigenvalue weighted by Crippen LogP contribution is 2.67. The zero-order valence-corrected chi connectivity index (χ0v) is 29.3. The van der Waals surface area contributed by atoms with E-state index in [-0.39, 0.29) is 11.1 Å². The van der Waals surface area contributed by atoms with Crippen molar-refractivity contribution >= 4 is 209 Å². The Hall–Kier alpha value is 4.44. The smallest absolute Gasteiger partial charge is 0.0943 e. The molecule has 18 heteroatoms. The van der Waals surface area contributed by atoms with Gasteiger partial charge in [-0.25, -0.2) is 0 Å². The summed E-state index contributed by atoms with van der Waals surface area (Å²) in [6, 6.07) is 4.14. The maximum Gasteiger partial charge on any atom is 0.226 e. The molecule has 0 aromatic heterocycles. The fourth-order valence-electron chi connectivity index (χ4n) is 2.47. The molecule has 0 saturated heterocycles. The zero-order valence-electron chi connectivity index (χ0n) is 15.7. The van der Waals surface area contributed by atoms with Gasteiger partial charge >= 0.3 is 0 Å². The SMILES string of the molecule is CCc1ccc(C(Cl)(Cl)C(Cl)(Cl)C(Cl)(Cl)C(Cl)(Cl)Cl)cc1C(Cl)(Cl)C(Cl)(Cl)C(Cl)(Cl)C(Cl)(Cl)Cl. The number of aryl methyl sites for hydroxylation is 1. The second kappa shape index (κ2) is 11.6. The summed E-state index contributed by atoms with van der Waals surface area (Å²) in [4.78, 5) is 0. The van der Waals surface area contributed by atoms with Crippen LogP contribution in [0.3, 0.4) is 0 Å². The predicted octanol–water partition coefficient (Wildman–Crippen LogP) is 12.9. The van der Waals surface area contributed by atoms with Crippen LogP contribution in [0, 0.1) is 0 Å². The molecule has 0 radical (unpaired) electrons. The normalized spacial score (nSPS) is 15.6. The Morgan fingerprint density at radius 3 is 1.18 bits per heavy atom. The van der Waals surface area contributed by atoms with E-state index in [1.807, 2.05) is 0 Å². The first-order valence-electron chi connectivity index (χ1n) is 8.20. The first-order valence-corrected chi connectivity index (χ1v) is 15.0. The molecule has 1 aromatic carbocycles. The van der Waals surface area contributed by atoms with Crippen LogP contribution in [0.4, 0.5) is 0 Å². The Bertz CT molecular complexity index is 888. The topological polar surface area (TPSA) is 0 Å². The van der Waals surface area contributed by atoms with Crippen molar-refractivity contribution in [1.29, 1.82) is 0 Å². The lowest BCUT2D eigenvalue weighted by atomic mass is 9.93. The minimum Gasteiger partial charge on any atom is -0.0943 e. The lowest BCUT2D eigenvalue weighted by Gasteiger charge is -2.46. The van der Waals surface area contributed by atoms with Crippen LogP contribution in [0.1, 0.15) is 23.6 Å². The summed E-state index contributed by atoms with van der Waals surface area (Å²) in [6.45, 7) is 1.75. The van der Waals surface area contributed by atoms with Crippen molar-refractivity contribution in [3.63, 3.8) is 0 Å². The van der Waals surface area contributed by atoms with Crippen LogP contribution in [0.5, 0.6) is 0 Å². The van der Waals surface area contributed by atoms with Crippen LogP contribution in [0.25, 0.3) is 0 Å². The van der Waals surface area contributed by atoms with Crippen LogP contribution in [-0.4, -0.2) is 24.9 Å². The van der Waals surface area contributed by atoms with Gasteiger partial charge in [0, 0.05) is 0 Å². The molecule has 1 rings (SSSR count). The number of alkyl halides is 18. The third-order valence-electron chi connectivity index (χ3n) is 4.48. The van der Waals surface area contributed by atoms with Gasteiger partial charge in [-0.05, 0) is 29.2 Å². The van der Waals surface area contributed by atoms with E-state index in [0.29, 0.717) is 12.0 Å². The van der Waals surface area contributed by atoms with Crippen molar-refractivity contribution in [3.05, 3.63) is 34.9 Å². The monoisotopic (exact) mass is 830 g/mol. The maximum absolute atomic E-state index is 6.62. The summed E-state index contributed by atoms with van der Waals surface area (Å²) in [5.41, 5.74) is 0.377. The van der Waals surface area contributed by atoms with Gasteiger partial charge in [-0.15, -0.1) is 0 Å². The van der Waals surface area contributed by atoms with Gasteiger partial charge in [0.1, 0.15) is 0 Å². The largest absolute Gasteiger partial charge is 0.226 e. The summed E-state index contributed by atoms with van der Waals surface area (Å²) in [7, 11) is 0. The summed E-state index contributed by atoms with van der Waals surface area (Å²) in [5.74, 6) is 0. The van der Waals surface area contributed by atoms with Gasteiger partial charge in [0.25, 0.3) is 0 Å². The van der Waals surface area contributed by atoms with E-state index >= 15 is 0 Å². The first-order chi connectivity index (χ1) is 14.7. The van der Waals surface area contributed by atoms with E-state index in [2.05, 4.69) is 0 Å². The minimum atomic E-state index is -2.57. The van der Waals surface area contributed by atoms with E-state index in [9.17, 15) is 0 Å². The zero-order chi connectivity index (χ0) is 27.6. The van der Waals surface area contributed by atoms with Crippen LogP contribution in [0.15, 0.2) is 18.2 Å². The third kappa shape index (κ3) is 6.27. The molecule has 0 spiro atoms. The molecule has 0 amide bonds. The summed E-state index contributed by atoms with van der Waals surface area (Å²) >= 11 is 112.